The maximum atomic E-state index is 13.2. The molecule has 0 saturated carbocycles. The second-order valence-corrected chi connectivity index (χ2v) is 9.25. The van der Waals surface area contributed by atoms with Crippen LogP contribution in [-0.2, 0) is 13.2 Å². The zero-order chi connectivity index (χ0) is 23.2. The highest BCUT2D eigenvalue weighted by molar-refractivity contribution is 7.09. The van der Waals surface area contributed by atoms with Crippen LogP contribution in [-0.4, -0.2) is 29.4 Å². The van der Waals surface area contributed by atoms with Gasteiger partial charge in [0.1, 0.15) is 23.1 Å². The molecule has 0 bridgehead atoms. The van der Waals surface area contributed by atoms with Crippen LogP contribution < -0.4 is 9.47 Å². The third kappa shape index (κ3) is 5.71. The Morgan fingerprint density at radius 2 is 1.79 bits per heavy atom. The molecule has 0 unspecified atom stereocenters. The van der Waals surface area contributed by atoms with Crippen molar-refractivity contribution in [3.05, 3.63) is 88.4 Å². The molecule has 0 aliphatic heterocycles. The van der Waals surface area contributed by atoms with Gasteiger partial charge in [-0.25, -0.2) is 4.98 Å². The van der Waals surface area contributed by atoms with Crippen molar-refractivity contribution in [1.29, 1.82) is 0 Å². The summed E-state index contributed by atoms with van der Waals surface area (Å²) < 4.78 is 11.3. The molecule has 6 heteroatoms. The summed E-state index contributed by atoms with van der Waals surface area (Å²) in [7, 11) is 1.62. The first-order chi connectivity index (χ1) is 16.0. The molecular weight excluding hydrogens is 432 g/mol. The smallest absolute Gasteiger partial charge is 0.254 e. The van der Waals surface area contributed by atoms with Gasteiger partial charge in [-0.3, -0.25) is 4.79 Å². The lowest BCUT2D eigenvalue weighted by atomic mass is 10.1. The number of carbonyl (C=O) groups is 1. The summed E-state index contributed by atoms with van der Waals surface area (Å²) in [6.45, 7) is 5.74. The summed E-state index contributed by atoms with van der Waals surface area (Å²) >= 11 is 1.56. The summed E-state index contributed by atoms with van der Waals surface area (Å²) in [4.78, 5) is 19.8. The van der Waals surface area contributed by atoms with E-state index in [1.54, 1.807) is 30.6 Å². The van der Waals surface area contributed by atoms with Gasteiger partial charge in [-0.2, -0.15) is 0 Å². The van der Waals surface area contributed by atoms with Crippen molar-refractivity contribution < 1.29 is 14.3 Å². The van der Waals surface area contributed by atoms with Gasteiger partial charge in [0.25, 0.3) is 5.91 Å². The maximum Gasteiger partial charge on any atom is 0.254 e. The molecule has 170 valence electrons. The third-order valence-electron chi connectivity index (χ3n) is 5.26. The van der Waals surface area contributed by atoms with Crippen molar-refractivity contribution in [3.8, 4) is 11.5 Å². The quantitative estimate of drug-likeness (QED) is 0.299. The van der Waals surface area contributed by atoms with Crippen molar-refractivity contribution in [1.82, 2.24) is 9.88 Å². The minimum absolute atomic E-state index is 0.00657. The normalized spacial score (nSPS) is 11.0. The molecule has 33 heavy (non-hydrogen) atoms. The van der Waals surface area contributed by atoms with E-state index in [9.17, 15) is 4.79 Å². The van der Waals surface area contributed by atoms with E-state index in [0.717, 1.165) is 33.0 Å². The Balaban J connectivity index is 1.44. The number of thiazole rings is 1. The number of rotatable bonds is 9. The van der Waals surface area contributed by atoms with E-state index in [2.05, 4.69) is 32.0 Å². The number of ether oxygens (including phenoxy) is 2. The molecule has 4 aromatic rings. The fourth-order valence-corrected chi connectivity index (χ4v) is 4.42. The summed E-state index contributed by atoms with van der Waals surface area (Å²) in [5, 5.41) is 5.14. The topological polar surface area (TPSA) is 51.7 Å². The zero-order valence-electron chi connectivity index (χ0n) is 19.2. The highest BCUT2D eigenvalue weighted by Crippen LogP contribution is 2.26. The molecule has 1 aromatic heterocycles. The van der Waals surface area contributed by atoms with Crippen molar-refractivity contribution in [2.45, 2.75) is 27.0 Å². The average Bonchev–Trinajstić information content (AvgIpc) is 3.29. The molecule has 0 aliphatic carbocycles. The molecule has 0 aliphatic rings. The molecule has 1 amide bonds. The molecule has 1 heterocycles. The first-order valence-corrected chi connectivity index (χ1v) is 11.9. The minimum atomic E-state index is -0.00657. The van der Waals surface area contributed by atoms with Crippen LogP contribution in [0.3, 0.4) is 0 Å². The fourth-order valence-electron chi connectivity index (χ4n) is 3.72. The van der Waals surface area contributed by atoms with Crippen molar-refractivity contribution >= 4 is 28.0 Å². The van der Waals surface area contributed by atoms with Crippen molar-refractivity contribution in [2.75, 3.05) is 13.7 Å². The number of amides is 1. The largest absolute Gasteiger partial charge is 0.497 e. The number of benzene rings is 3. The standard InChI is InChI=1S/C27H28N2O3S/c1-19(2)15-29(27(30)21-11-13-23(31-3)14-12-21)16-22-18-33-26(28-22)17-32-25-10-6-8-20-7-4-5-9-24(20)25/h4-14,18-19H,15-17H2,1-3H3. The first-order valence-electron chi connectivity index (χ1n) is 11.0. The predicted octanol–water partition coefficient (Wildman–Crippen LogP) is 6.18. The minimum Gasteiger partial charge on any atom is -0.497 e. The number of nitrogens with zero attached hydrogens (tertiary/aromatic N) is 2. The van der Waals surface area contributed by atoms with E-state index < -0.39 is 0 Å². The van der Waals surface area contributed by atoms with Gasteiger partial charge in [-0.05, 0) is 41.6 Å². The van der Waals surface area contributed by atoms with Gasteiger partial charge in [-0.15, -0.1) is 11.3 Å². The van der Waals surface area contributed by atoms with Crippen LogP contribution in [0.25, 0.3) is 10.8 Å². The first kappa shape index (κ1) is 22.8. The van der Waals surface area contributed by atoms with Gasteiger partial charge in [0.2, 0.25) is 0 Å². The monoisotopic (exact) mass is 460 g/mol. The Labute approximate surface area is 198 Å². The van der Waals surface area contributed by atoms with Gasteiger partial charge < -0.3 is 14.4 Å². The number of carbonyl (C=O) groups excluding carboxylic acids is 1. The van der Waals surface area contributed by atoms with Crippen LogP contribution >= 0.6 is 11.3 Å². The van der Waals surface area contributed by atoms with Crippen LogP contribution in [0.5, 0.6) is 11.5 Å². The molecule has 3 aromatic carbocycles. The van der Waals surface area contributed by atoms with Crippen LogP contribution in [0.2, 0.25) is 0 Å². The lowest BCUT2D eigenvalue weighted by molar-refractivity contribution is 0.0720. The summed E-state index contributed by atoms with van der Waals surface area (Å²) in [5.74, 6) is 1.92. The molecule has 0 spiro atoms. The Morgan fingerprint density at radius 3 is 2.55 bits per heavy atom. The Bertz CT molecular complexity index is 1210. The molecule has 0 saturated heterocycles. The van der Waals surface area contributed by atoms with Gasteiger partial charge in [0.05, 0.1) is 19.3 Å². The number of fused-ring (bicyclic) bond motifs is 1. The molecular formula is C27H28N2O3S. The Kier molecular flexibility index (Phi) is 7.25. The molecule has 5 nitrogen and oxygen atoms in total. The molecule has 0 atom stereocenters. The van der Waals surface area contributed by atoms with E-state index in [1.165, 1.54) is 0 Å². The van der Waals surface area contributed by atoms with E-state index in [4.69, 9.17) is 14.5 Å². The fraction of sp³-hybridized carbons (Fsp3) is 0.259. The van der Waals surface area contributed by atoms with E-state index in [0.29, 0.717) is 31.2 Å². The molecule has 0 radical (unpaired) electrons. The van der Waals surface area contributed by atoms with Crippen LogP contribution in [0.1, 0.15) is 34.9 Å². The van der Waals surface area contributed by atoms with E-state index in [1.807, 2.05) is 46.7 Å². The highest BCUT2D eigenvalue weighted by Gasteiger charge is 2.19. The summed E-state index contributed by atoms with van der Waals surface area (Å²) in [5.41, 5.74) is 1.52. The lowest BCUT2D eigenvalue weighted by Crippen LogP contribution is -2.33. The summed E-state index contributed by atoms with van der Waals surface area (Å²) in [6.07, 6.45) is 0. The number of aromatic nitrogens is 1. The Morgan fingerprint density at radius 1 is 1.03 bits per heavy atom. The van der Waals surface area contributed by atoms with Crippen LogP contribution in [0, 0.1) is 5.92 Å². The predicted molar refractivity (Wildman–Crippen MR) is 133 cm³/mol. The highest BCUT2D eigenvalue weighted by atomic mass is 32.1. The molecule has 4 rings (SSSR count). The molecule has 0 fully saturated rings. The van der Waals surface area contributed by atoms with Gasteiger partial charge in [0, 0.05) is 22.9 Å². The van der Waals surface area contributed by atoms with E-state index in [-0.39, 0.29) is 5.91 Å². The van der Waals surface area contributed by atoms with Gasteiger partial charge in [-0.1, -0.05) is 50.2 Å². The van der Waals surface area contributed by atoms with Gasteiger partial charge in [0.15, 0.2) is 0 Å². The van der Waals surface area contributed by atoms with Crippen LogP contribution in [0.4, 0.5) is 0 Å². The average molecular weight is 461 g/mol. The van der Waals surface area contributed by atoms with Gasteiger partial charge >= 0.3 is 0 Å². The van der Waals surface area contributed by atoms with Crippen molar-refractivity contribution in [3.63, 3.8) is 0 Å². The lowest BCUT2D eigenvalue weighted by Gasteiger charge is -2.24. The number of methoxy groups -OCH3 is 1. The Hall–Kier alpha value is -3.38. The van der Waals surface area contributed by atoms with Crippen LogP contribution in [0.15, 0.2) is 72.1 Å². The summed E-state index contributed by atoms with van der Waals surface area (Å²) in [6, 6.07) is 21.5. The number of hydrogen-bond acceptors (Lipinski definition) is 5. The van der Waals surface area contributed by atoms with Crippen molar-refractivity contribution in [2.24, 2.45) is 5.92 Å². The maximum absolute atomic E-state index is 13.2. The molecule has 0 N–H and O–H groups in total. The zero-order valence-corrected chi connectivity index (χ0v) is 20.0. The van der Waals surface area contributed by atoms with E-state index >= 15 is 0 Å². The second kappa shape index (κ2) is 10.5. The second-order valence-electron chi connectivity index (χ2n) is 8.31. The third-order valence-corrected chi connectivity index (χ3v) is 6.13. The number of hydrogen-bond donors (Lipinski definition) is 0. The SMILES string of the molecule is COc1ccc(C(=O)N(Cc2csc(COc3cccc4ccccc34)n2)CC(C)C)cc1.